The number of amides is 2. The molecule has 1 atom stereocenters. The Balaban J connectivity index is 2.27. The minimum atomic E-state index is -0.585. The molecule has 2 amide bonds. The van der Waals surface area contributed by atoms with Crippen molar-refractivity contribution in [2.24, 2.45) is 0 Å². The third-order valence-electron chi connectivity index (χ3n) is 4.32. The fraction of sp³-hybridized carbons (Fsp3) is 0.300. The monoisotopic (exact) mass is 358 g/mol. The van der Waals surface area contributed by atoms with Gasteiger partial charge in [-0.25, -0.2) is 0 Å². The molecule has 0 aliphatic rings. The molecule has 0 aliphatic carbocycles. The molecule has 0 bridgehead atoms. The van der Waals surface area contributed by atoms with E-state index in [4.69, 9.17) is 11.6 Å². The van der Waals surface area contributed by atoms with E-state index in [1.807, 2.05) is 49.4 Å². The van der Waals surface area contributed by atoms with Crippen molar-refractivity contribution >= 4 is 23.4 Å². The molecule has 0 heterocycles. The van der Waals surface area contributed by atoms with E-state index < -0.39 is 6.04 Å². The summed E-state index contributed by atoms with van der Waals surface area (Å²) in [5.41, 5.74) is 2.83. The van der Waals surface area contributed by atoms with Crippen molar-refractivity contribution in [2.45, 2.75) is 32.9 Å². The molecule has 132 valence electrons. The van der Waals surface area contributed by atoms with Gasteiger partial charge in [-0.1, -0.05) is 54.1 Å². The number of nitrogens with zero attached hydrogens (tertiary/aromatic N) is 1. The summed E-state index contributed by atoms with van der Waals surface area (Å²) >= 11 is 6.24. The number of hydrogen-bond acceptors (Lipinski definition) is 2. The van der Waals surface area contributed by atoms with Crippen molar-refractivity contribution in [1.29, 1.82) is 0 Å². The standard InChI is InChI=1S/C20H23ClN2O2/c1-14-8-4-5-9-16(14)12-19(24)23(15(2)20(25)22-3)13-17-10-6-7-11-18(17)21/h4-11,15H,12-13H2,1-3H3,(H,22,25)/t15-/m0/s1. The van der Waals surface area contributed by atoms with Crippen LogP contribution in [0.15, 0.2) is 48.5 Å². The maximum atomic E-state index is 12.9. The van der Waals surface area contributed by atoms with Crippen LogP contribution >= 0.6 is 11.6 Å². The first-order chi connectivity index (χ1) is 11.9. The zero-order valence-electron chi connectivity index (χ0n) is 14.8. The second kappa shape index (κ2) is 8.67. The minimum Gasteiger partial charge on any atom is -0.357 e. The van der Waals surface area contributed by atoms with E-state index in [9.17, 15) is 9.59 Å². The molecular formula is C20H23ClN2O2. The minimum absolute atomic E-state index is 0.106. The lowest BCUT2D eigenvalue weighted by atomic mass is 10.0. The summed E-state index contributed by atoms with van der Waals surface area (Å²) in [6.07, 6.45) is 0.248. The van der Waals surface area contributed by atoms with Crippen molar-refractivity contribution < 1.29 is 9.59 Å². The lowest BCUT2D eigenvalue weighted by Gasteiger charge is -2.29. The van der Waals surface area contributed by atoms with Gasteiger partial charge < -0.3 is 10.2 Å². The maximum absolute atomic E-state index is 12.9. The molecule has 0 fully saturated rings. The van der Waals surface area contributed by atoms with Gasteiger partial charge in [0, 0.05) is 18.6 Å². The Hall–Kier alpha value is -2.33. The van der Waals surface area contributed by atoms with Crippen LogP contribution in [0.25, 0.3) is 0 Å². The van der Waals surface area contributed by atoms with Crippen molar-refractivity contribution in [3.05, 3.63) is 70.2 Å². The van der Waals surface area contributed by atoms with Crippen LogP contribution in [0, 0.1) is 6.92 Å². The van der Waals surface area contributed by atoms with Gasteiger partial charge >= 0.3 is 0 Å². The highest BCUT2D eigenvalue weighted by molar-refractivity contribution is 6.31. The number of likely N-dealkylation sites (N-methyl/N-ethyl adjacent to an activating group) is 1. The number of rotatable bonds is 6. The molecule has 0 saturated heterocycles. The summed E-state index contributed by atoms with van der Waals surface area (Å²) in [5, 5.41) is 3.19. The number of carbonyl (C=O) groups excluding carboxylic acids is 2. The van der Waals surface area contributed by atoms with Gasteiger partial charge in [-0.15, -0.1) is 0 Å². The molecule has 2 rings (SSSR count). The van der Waals surface area contributed by atoms with Crippen molar-refractivity contribution in [2.75, 3.05) is 7.05 Å². The van der Waals surface area contributed by atoms with E-state index in [0.717, 1.165) is 16.7 Å². The molecule has 2 aromatic rings. The quantitative estimate of drug-likeness (QED) is 0.860. The van der Waals surface area contributed by atoms with Crippen LogP contribution in [0.4, 0.5) is 0 Å². The van der Waals surface area contributed by atoms with Gasteiger partial charge in [-0.3, -0.25) is 9.59 Å². The summed E-state index contributed by atoms with van der Waals surface area (Å²) < 4.78 is 0. The van der Waals surface area contributed by atoms with E-state index in [0.29, 0.717) is 11.6 Å². The highest BCUT2D eigenvalue weighted by Gasteiger charge is 2.26. The van der Waals surface area contributed by atoms with Crippen LogP contribution in [0.3, 0.4) is 0 Å². The number of carbonyl (C=O) groups is 2. The molecule has 0 saturated carbocycles. The molecule has 0 unspecified atom stereocenters. The number of nitrogens with one attached hydrogen (secondary N) is 1. The Bertz CT molecular complexity index is 761. The van der Waals surface area contributed by atoms with Crippen LogP contribution < -0.4 is 5.32 Å². The van der Waals surface area contributed by atoms with E-state index in [2.05, 4.69) is 5.32 Å². The van der Waals surface area contributed by atoms with Gasteiger partial charge in [0.05, 0.1) is 6.42 Å². The van der Waals surface area contributed by atoms with Gasteiger partial charge in [0.15, 0.2) is 0 Å². The molecule has 0 spiro atoms. The van der Waals surface area contributed by atoms with Gasteiger partial charge in [0.25, 0.3) is 0 Å². The maximum Gasteiger partial charge on any atom is 0.242 e. The van der Waals surface area contributed by atoms with Crippen LogP contribution in [-0.4, -0.2) is 29.8 Å². The smallest absolute Gasteiger partial charge is 0.242 e. The van der Waals surface area contributed by atoms with Crippen LogP contribution in [0.2, 0.25) is 5.02 Å². The van der Waals surface area contributed by atoms with Crippen LogP contribution in [0.5, 0.6) is 0 Å². The fourth-order valence-electron chi connectivity index (χ4n) is 2.67. The Morgan fingerprint density at radius 2 is 1.68 bits per heavy atom. The molecular weight excluding hydrogens is 336 g/mol. The van der Waals surface area contributed by atoms with Crippen molar-refractivity contribution in [3.8, 4) is 0 Å². The Morgan fingerprint density at radius 3 is 2.28 bits per heavy atom. The first-order valence-electron chi connectivity index (χ1n) is 8.23. The topological polar surface area (TPSA) is 49.4 Å². The Labute approximate surface area is 153 Å². The molecule has 0 aliphatic heterocycles. The average molecular weight is 359 g/mol. The summed E-state index contributed by atoms with van der Waals surface area (Å²) in [5.74, 6) is -0.310. The zero-order valence-corrected chi connectivity index (χ0v) is 15.5. The van der Waals surface area contributed by atoms with Crippen LogP contribution in [0.1, 0.15) is 23.6 Å². The lowest BCUT2D eigenvalue weighted by Crippen LogP contribution is -2.47. The summed E-state index contributed by atoms with van der Waals surface area (Å²) in [6, 6.07) is 14.5. The van der Waals surface area contributed by atoms with Gasteiger partial charge in [-0.2, -0.15) is 0 Å². The van der Waals surface area contributed by atoms with E-state index in [-0.39, 0.29) is 18.2 Å². The summed E-state index contributed by atoms with van der Waals surface area (Å²) in [7, 11) is 1.57. The fourth-order valence-corrected chi connectivity index (χ4v) is 2.87. The summed E-state index contributed by atoms with van der Waals surface area (Å²) in [6.45, 7) is 3.99. The first kappa shape index (κ1) is 19.0. The molecule has 4 nitrogen and oxygen atoms in total. The Morgan fingerprint density at radius 1 is 1.08 bits per heavy atom. The Kier molecular flexibility index (Phi) is 6.59. The second-order valence-electron chi connectivity index (χ2n) is 6.01. The molecule has 2 aromatic carbocycles. The normalized spacial score (nSPS) is 11.7. The third-order valence-corrected chi connectivity index (χ3v) is 4.68. The highest BCUT2D eigenvalue weighted by Crippen LogP contribution is 2.20. The average Bonchev–Trinajstić information content (AvgIpc) is 2.61. The van der Waals surface area contributed by atoms with E-state index in [1.165, 1.54) is 0 Å². The predicted octanol–water partition coefficient (Wildman–Crippen LogP) is 3.35. The molecule has 0 radical (unpaired) electrons. The van der Waals surface area contributed by atoms with Crippen molar-refractivity contribution in [1.82, 2.24) is 10.2 Å². The SMILES string of the molecule is CNC(=O)[C@H](C)N(Cc1ccccc1Cl)C(=O)Cc1ccccc1C. The lowest BCUT2D eigenvalue weighted by molar-refractivity contribution is -0.139. The number of benzene rings is 2. The molecule has 1 N–H and O–H groups in total. The van der Waals surface area contributed by atoms with E-state index in [1.54, 1.807) is 24.9 Å². The first-order valence-corrected chi connectivity index (χ1v) is 8.60. The molecule has 5 heteroatoms. The third kappa shape index (κ3) is 4.83. The zero-order chi connectivity index (χ0) is 18.4. The second-order valence-corrected chi connectivity index (χ2v) is 6.41. The predicted molar refractivity (Wildman–Crippen MR) is 100 cm³/mol. The number of halogens is 1. The molecule has 25 heavy (non-hydrogen) atoms. The summed E-state index contributed by atoms with van der Waals surface area (Å²) in [4.78, 5) is 26.6. The van der Waals surface area contributed by atoms with Gasteiger partial charge in [0.2, 0.25) is 11.8 Å². The number of aryl methyl sites for hydroxylation is 1. The van der Waals surface area contributed by atoms with Gasteiger partial charge in [0.1, 0.15) is 6.04 Å². The van der Waals surface area contributed by atoms with Gasteiger partial charge in [-0.05, 0) is 36.6 Å². The highest BCUT2D eigenvalue weighted by atomic mass is 35.5. The number of hydrogen-bond donors (Lipinski definition) is 1. The van der Waals surface area contributed by atoms with Crippen LogP contribution in [-0.2, 0) is 22.6 Å². The molecule has 0 aromatic heterocycles. The van der Waals surface area contributed by atoms with E-state index >= 15 is 0 Å². The largest absolute Gasteiger partial charge is 0.357 e. The van der Waals surface area contributed by atoms with Crippen molar-refractivity contribution in [3.63, 3.8) is 0 Å².